The first kappa shape index (κ1) is 13.7. The third-order valence-electron chi connectivity index (χ3n) is 2.86. The van der Waals surface area contributed by atoms with Crippen LogP contribution in [0.2, 0.25) is 0 Å². The fourth-order valence-corrected chi connectivity index (χ4v) is 2.37. The molecule has 0 saturated heterocycles. The molecule has 0 aliphatic heterocycles. The summed E-state index contributed by atoms with van der Waals surface area (Å²) in [5.41, 5.74) is 1.23. The second kappa shape index (κ2) is 4.45. The van der Waals surface area contributed by atoms with E-state index in [9.17, 15) is 15.0 Å². The van der Waals surface area contributed by atoms with Crippen LogP contribution in [0.3, 0.4) is 0 Å². The molecule has 4 N–H and O–H groups in total. The predicted molar refractivity (Wildman–Crippen MR) is 76.6 cm³/mol. The van der Waals surface area contributed by atoms with Crippen LogP contribution in [0, 0.1) is 0 Å². The molecule has 0 atom stereocenters. The molecule has 0 unspecified atom stereocenters. The van der Waals surface area contributed by atoms with Gasteiger partial charge in [0.2, 0.25) is 0 Å². The van der Waals surface area contributed by atoms with E-state index in [1.54, 1.807) is 6.07 Å². The normalized spacial score (nSPS) is 11.8. The molecule has 102 valence electrons. The number of rotatable bonds is 1. The molecule has 6 heteroatoms. The molecule has 0 aliphatic rings. The number of aromatic nitrogens is 2. The van der Waals surface area contributed by atoms with Crippen molar-refractivity contribution in [2.45, 2.75) is 26.2 Å². The summed E-state index contributed by atoms with van der Waals surface area (Å²) in [6.45, 7) is 5.93. The smallest absolute Gasteiger partial charge is 0.272 e. The van der Waals surface area contributed by atoms with Gasteiger partial charge in [0.25, 0.3) is 5.56 Å². The van der Waals surface area contributed by atoms with Crippen molar-refractivity contribution in [2.75, 3.05) is 0 Å². The van der Waals surface area contributed by atoms with Gasteiger partial charge in [-0.25, -0.2) is 0 Å². The zero-order valence-corrected chi connectivity index (χ0v) is 12.4. The summed E-state index contributed by atoms with van der Waals surface area (Å²) in [5, 5.41) is 24.6. The van der Waals surface area contributed by atoms with Crippen molar-refractivity contribution in [3.63, 3.8) is 0 Å². The molecule has 1 heterocycles. The lowest BCUT2D eigenvalue weighted by Crippen LogP contribution is -2.14. The number of hydrogen-bond acceptors (Lipinski definition) is 3. The van der Waals surface area contributed by atoms with Crippen molar-refractivity contribution >= 4 is 15.9 Å². The summed E-state index contributed by atoms with van der Waals surface area (Å²) in [4.78, 5) is 11.9. The molecule has 0 bridgehead atoms. The van der Waals surface area contributed by atoms with Crippen molar-refractivity contribution < 1.29 is 10.2 Å². The lowest BCUT2D eigenvalue weighted by molar-refractivity contribution is 0.401. The van der Waals surface area contributed by atoms with E-state index in [4.69, 9.17) is 0 Å². The quantitative estimate of drug-likeness (QED) is 0.607. The fraction of sp³-hybridized carbons (Fsp3) is 0.308. The van der Waals surface area contributed by atoms with Crippen LogP contribution in [0.4, 0.5) is 0 Å². The number of phenols is 2. The molecule has 0 fully saturated rings. The second-order valence-corrected chi connectivity index (χ2v) is 6.26. The molecule has 2 rings (SSSR count). The van der Waals surface area contributed by atoms with E-state index in [2.05, 4.69) is 26.1 Å². The van der Waals surface area contributed by atoms with Gasteiger partial charge in [-0.2, -0.15) is 0 Å². The van der Waals surface area contributed by atoms with Gasteiger partial charge in [-0.1, -0.05) is 20.8 Å². The summed E-state index contributed by atoms with van der Waals surface area (Å²) in [7, 11) is 0. The Morgan fingerprint density at radius 3 is 2.32 bits per heavy atom. The maximum atomic E-state index is 11.9. The van der Waals surface area contributed by atoms with Gasteiger partial charge in [0.15, 0.2) is 11.5 Å². The van der Waals surface area contributed by atoms with Crippen LogP contribution in [0.5, 0.6) is 11.5 Å². The first-order valence-electron chi connectivity index (χ1n) is 5.75. The third kappa shape index (κ3) is 2.40. The van der Waals surface area contributed by atoms with Crippen LogP contribution >= 0.6 is 15.9 Å². The van der Waals surface area contributed by atoms with Gasteiger partial charge >= 0.3 is 0 Å². The van der Waals surface area contributed by atoms with Crippen LogP contribution in [0.25, 0.3) is 11.1 Å². The number of hydrogen-bond donors (Lipinski definition) is 4. The highest BCUT2D eigenvalue weighted by Crippen LogP contribution is 2.39. The molecule has 0 saturated carbocycles. The Balaban J connectivity index is 2.73. The molecule has 1 aromatic carbocycles. The molecular weight excluding hydrogens is 312 g/mol. The zero-order chi connectivity index (χ0) is 14.4. The van der Waals surface area contributed by atoms with Crippen molar-refractivity contribution in [3.05, 3.63) is 32.7 Å². The Hall–Kier alpha value is -1.69. The van der Waals surface area contributed by atoms with Crippen LogP contribution < -0.4 is 5.56 Å². The molecule has 5 nitrogen and oxygen atoms in total. The SMILES string of the molecule is CC(C)(C)c1[nH][nH]c(=O)c1-c1cc(O)c(O)c(Br)c1. The number of H-pyrrole nitrogens is 2. The summed E-state index contributed by atoms with van der Waals surface area (Å²) >= 11 is 3.15. The first-order chi connectivity index (χ1) is 8.71. The largest absolute Gasteiger partial charge is 0.504 e. The maximum absolute atomic E-state index is 11.9. The highest BCUT2D eigenvalue weighted by Gasteiger charge is 2.24. The fourth-order valence-electron chi connectivity index (χ4n) is 1.92. The Kier molecular flexibility index (Phi) is 3.22. The minimum Gasteiger partial charge on any atom is -0.504 e. The van der Waals surface area contributed by atoms with Gasteiger partial charge in [0.05, 0.1) is 15.7 Å². The van der Waals surface area contributed by atoms with E-state index < -0.39 is 0 Å². The summed E-state index contributed by atoms with van der Waals surface area (Å²) in [6, 6.07) is 2.97. The van der Waals surface area contributed by atoms with E-state index in [-0.39, 0.29) is 22.5 Å². The van der Waals surface area contributed by atoms with Crippen molar-refractivity contribution in [3.8, 4) is 22.6 Å². The molecule has 0 amide bonds. The Bertz CT molecular complexity index is 657. The highest BCUT2D eigenvalue weighted by atomic mass is 79.9. The van der Waals surface area contributed by atoms with E-state index in [0.29, 0.717) is 15.6 Å². The summed E-state index contributed by atoms with van der Waals surface area (Å²) < 4.78 is 0.336. The summed E-state index contributed by atoms with van der Waals surface area (Å²) in [6.07, 6.45) is 0. The van der Waals surface area contributed by atoms with Gasteiger partial charge in [-0.3, -0.25) is 9.89 Å². The average Bonchev–Trinajstić information content (AvgIpc) is 2.67. The van der Waals surface area contributed by atoms with Crippen molar-refractivity contribution in [1.29, 1.82) is 0 Å². The minimum absolute atomic E-state index is 0.243. The van der Waals surface area contributed by atoms with Gasteiger partial charge in [-0.05, 0) is 33.6 Å². The zero-order valence-electron chi connectivity index (χ0n) is 10.8. The molecule has 0 aliphatic carbocycles. The van der Waals surface area contributed by atoms with Gasteiger partial charge in [0, 0.05) is 5.41 Å². The number of benzene rings is 1. The molecular formula is C13H15BrN2O3. The number of aromatic hydroxyl groups is 2. The van der Waals surface area contributed by atoms with Crippen LogP contribution in [0.15, 0.2) is 21.4 Å². The van der Waals surface area contributed by atoms with Gasteiger partial charge in [0.1, 0.15) is 0 Å². The monoisotopic (exact) mass is 326 g/mol. The Labute approximate surface area is 118 Å². The van der Waals surface area contributed by atoms with Crippen LogP contribution in [-0.4, -0.2) is 20.4 Å². The summed E-state index contributed by atoms with van der Waals surface area (Å²) in [5.74, 6) is -0.516. The molecule has 19 heavy (non-hydrogen) atoms. The number of phenolic OH excluding ortho intramolecular Hbond substituents is 2. The molecule has 1 aromatic heterocycles. The number of aromatic amines is 2. The van der Waals surface area contributed by atoms with Gasteiger partial charge < -0.3 is 15.3 Å². The van der Waals surface area contributed by atoms with E-state index >= 15 is 0 Å². The lowest BCUT2D eigenvalue weighted by Gasteiger charge is -2.18. The average molecular weight is 327 g/mol. The number of halogens is 1. The predicted octanol–water partition coefficient (Wildman–Crippen LogP) is 2.84. The van der Waals surface area contributed by atoms with Crippen molar-refractivity contribution in [2.24, 2.45) is 0 Å². The molecule has 2 aromatic rings. The maximum Gasteiger partial charge on any atom is 0.272 e. The second-order valence-electron chi connectivity index (χ2n) is 5.40. The number of nitrogens with one attached hydrogen (secondary N) is 2. The van der Waals surface area contributed by atoms with E-state index in [1.165, 1.54) is 6.07 Å². The topological polar surface area (TPSA) is 89.1 Å². The van der Waals surface area contributed by atoms with Crippen molar-refractivity contribution in [1.82, 2.24) is 10.2 Å². The standard InChI is InChI=1S/C13H15BrN2O3/c1-13(2,3)11-9(12(19)16-15-11)6-4-7(14)10(18)8(17)5-6/h4-5,17-18H,1-3H3,(H2,15,16,19). The molecule has 0 spiro atoms. The van der Waals surface area contributed by atoms with Crippen LogP contribution in [-0.2, 0) is 5.41 Å². The van der Waals surface area contributed by atoms with E-state index in [0.717, 1.165) is 5.69 Å². The Morgan fingerprint density at radius 1 is 1.16 bits per heavy atom. The first-order valence-corrected chi connectivity index (χ1v) is 6.54. The minimum atomic E-state index is -0.273. The van der Waals surface area contributed by atoms with Crippen LogP contribution in [0.1, 0.15) is 26.5 Å². The highest BCUT2D eigenvalue weighted by molar-refractivity contribution is 9.10. The third-order valence-corrected chi connectivity index (χ3v) is 3.46. The van der Waals surface area contributed by atoms with E-state index in [1.807, 2.05) is 20.8 Å². The molecule has 0 radical (unpaired) electrons. The van der Waals surface area contributed by atoms with Gasteiger partial charge in [-0.15, -0.1) is 0 Å². The Morgan fingerprint density at radius 2 is 1.79 bits per heavy atom. The lowest BCUT2D eigenvalue weighted by atomic mass is 9.87.